The molecule has 0 unspecified atom stereocenters. The number of rotatable bonds is 0. The third-order valence-corrected chi connectivity index (χ3v) is 2.56. The molecule has 1 aromatic heterocycles. The molecule has 2 heterocycles. The Bertz CT molecular complexity index is 494. The first-order valence-electron chi connectivity index (χ1n) is 4.81. The number of hydrogen-bond donors (Lipinski definition) is 1. The molecule has 4 heteroatoms. The summed E-state index contributed by atoms with van der Waals surface area (Å²) < 4.78 is 5.60. The van der Waals surface area contributed by atoms with Crippen LogP contribution >= 0.6 is 0 Å². The maximum absolute atomic E-state index is 11.4. The summed E-state index contributed by atoms with van der Waals surface area (Å²) in [5.74, 6) is 0. The number of aromatic nitrogens is 1. The molecular weight excluding hydrogens is 192 g/mol. The van der Waals surface area contributed by atoms with E-state index in [2.05, 4.69) is 4.98 Å². The summed E-state index contributed by atoms with van der Waals surface area (Å²) in [5.41, 5.74) is 1.39. The van der Waals surface area contributed by atoms with Crippen molar-refractivity contribution in [2.45, 2.75) is 32.5 Å². The van der Waals surface area contributed by atoms with E-state index in [-0.39, 0.29) is 16.7 Å². The lowest BCUT2D eigenvalue weighted by Gasteiger charge is -2.31. The fourth-order valence-electron chi connectivity index (χ4n) is 1.73. The number of hydrogen-bond acceptors (Lipinski definition) is 3. The molecule has 78 valence electrons. The molecule has 0 aromatic carbocycles. The van der Waals surface area contributed by atoms with E-state index in [0.29, 0.717) is 13.0 Å². The fraction of sp³-hybridized carbons (Fsp3) is 0.455. The SMILES string of the molecule is CC1(C)Cc2[nH]c(=O)c(C#N)cc2CO1. The van der Waals surface area contributed by atoms with Crippen LogP contribution in [0.3, 0.4) is 0 Å². The largest absolute Gasteiger partial charge is 0.370 e. The van der Waals surface area contributed by atoms with Crippen molar-refractivity contribution in [2.75, 3.05) is 0 Å². The molecule has 2 rings (SSSR count). The quantitative estimate of drug-likeness (QED) is 0.688. The molecule has 1 N–H and O–H groups in total. The van der Waals surface area contributed by atoms with Crippen molar-refractivity contribution >= 4 is 0 Å². The maximum Gasteiger partial charge on any atom is 0.266 e. The first kappa shape index (κ1) is 9.94. The lowest BCUT2D eigenvalue weighted by Crippen LogP contribution is -2.34. The predicted octanol–water partition coefficient (Wildman–Crippen LogP) is 1.10. The molecule has 0 radical (unpaired) electrons. The molecule has 0 bridgehead atoms. The molecule has 1 aromatic rings. The molecule has 1 aliphatic rings. The standard InChI is InChI=1S/C11H12N2O2/c1-11(2)4-9-8(6-15-11)3-7(5-12)10(14)13-9/h3H,4,6H2,1-2H3,(H,13,14). The van der Waals surface area contributed by atoms with Crippen molar-refractivity contribution in [1.82, 2.24) is 4.98 Å². The van der Waals surface area contributed by atoms with Gasteiger partial charge < -0.3 is 9.72 Å². The Balaban J connectivity index is 2.51. The Morgan fingerprint density at radius 3 is 3.00 bits per heavy atom. The third kappa shape index (κ3) is 1.79. The average Bonchev–Trinajstić information content (AvgIpc) is 2.15. The van der Waals surface area contributed by atoms with E-state index in [1.54, 1.807) is 6.07 Å². The Kier molecular flexibility index (Phi) is 2.13. The Labute approximate surface area is 87.5 Å². The lowest BCUT2D eigenvalue weighted by atomic mass is 9.95. The Hall–Kier alpha value is -1.60. The van der Waals surface area contributed by atoms with Crippen LogP contribution < -0.4 is 5.56 Å². The second-order valence-electron chi connectivity index (χ2n) is 4.35. The van der Waals surface area contributed by atoms with E-state index in [1.807, 2.05) is 19.9 Å². The van der Waals surface area contributed by atoms with Crippen LogP contribution in [0.25, 0.3) is 0 Å². The molecule has 0 amide bonds. The normalized spacial score (nSPS) is 17.9. The van der Waals surface area contributed by atoms with Gasteiger partial charge in [0.2, 0.25) is 0 Å². The van der Waals surface area contributed by atoms with Gasteiger partial charge in [-0.25, -0.2) is 0 Å². The number of H-pyrrole nitrogens is 1. The molecule has 0 saturated heterocycles. The van der Waals surface area contributed by atoms with Gasteiger partial charge in [-0.1, -0.05) is 0 Å². The second kappa shape index (κ2) is 3.21. The molecule has 0 spiro atoms. The summed E-state index contributed by atoms with van der Waals surface area (Å²) in [5, 5.41) is 8.71. The van der Waals surface area contributed by atoms with Gasteiger partial charge >= 0.3 is 0 Å². The van der Waals surface area contributed by atoms with Crippen molar-refractivity contribution in [3.8, 4) is 6.07 Å². The Morgan fingerprint density at radius 1 is 1.60 bits per heavy atom. The van der Waals surface area contributed by atoms with Gasteiger partial charge in [0.25, 0.3) is 5.56 Å². The minimum atomic E-state index is -0.311. The molecule has 4 nitrogen and oxygen atoms in total. The monoisotopic (exact) mass is 204 g/mol. The van der Waals surface area contributed by atoms with E-state index in [4.69, 9.17) is 10.00 Å². The summed E-state index contributed by atoms with van der Waals surface area (Å²) in [4.78, 5) is 14.2. The maximum atomic E-state index is 11.4. The van der Waals surface area contributed by atoms with Crippen LogP contribution in [0, 0.1) is 11.3 Å². The first-order valence-corrected chi connectivity index (χ1v) is 4.81. The van der Waals surface area contributed by atoms with E-state index >= 15 is 0 Å². The van der Waals surface area contributed by atoms with Crippen molar-refractivity contribution in [2.24, 2.45) is 0 Å². The number of aromatic amines is 1. The average molecular weight is 204 g/mol. The zero-order valence-corrected chi connectivity index (χ0v) is 8.76. The number of fused-ring (bicyclic) bond motifs is 1. The highest BCUT2D eigenvalue weighted by atomic mass is 16.5. The van der Waals surface area contributed by atoms with Crippen LogP contribution in [0.15, 0.2) is 10.9 Å². The van der Waals surface area contributed by atoms with Crippen molar-refractivity contribution < 1.29 is 4.74 Å². The molecule has 1 aliphatic heterocycles. The summed E-state index contributed by atoms with van der Waals surface area (Å²) in [6, 6.07) is 3.48. The molecule has 0 fully saturated rings. The van der Waals surface area contributed by atoms with E-state index in [1.165, 1.54) is 0 Å². The fourth-order valence-corrected chi connectivity index (χ4v) is 1.73. The van der Waals surface area contributed by atoms with Gasteiger partial charge in [-0.05, 0) is 25.5 Å². The molecule has 15 heavy (non-hydrogen) atoms. The van der Waals surface area contributed by atoms with Crippen LogP contribution in [-0.2, 0) is 17.8 Å². The zero-order valence-electron chi connectivity index (χ0n) is 8.76. The Morgan fingerprint density at radius 2 is 2.33 bits per heavy atom. The minimum Gasteiger partial charge on any atom is -0.370 e. The van der Waals surface area contributed by atoms with Gasteiger partial charge in [0.15, 0.2) is 0 Å². The highest BCUT2D eigenvalue weighted by Crippen LogP contribution is 2.25. The van der Waals surface area contributed by atoms with Gasteiger partial charge in [0, 0.05) is 12.1 Å². The number of ether oxygens (including phenoxy) is 1. The molecule has 0 aliphatic carbocycles. The van der Waals surface area contributed by atoms with E-state index in [9.17, 15) is 4.79 Å². The van der Waals surface area contributed by atoms with Gasteiger partial charge in [-0.15, -0.1) is 0 Å². The van der Waals surface area contributed by atoms with Crippen LogP contribution in [0.4, 0.5) is 0 Å². The van der Waals surface area contributed by atoms with Gasteiger partial charge in [-0.2, -0.15) is 5.26 Å². The number of nitrogens with zero attached hydrogens (tertiary/aromatic N) is 1. The lowest BCUT2D eigenvalue weighted by molar-refractivity contribution is -0.0413. The molecular formula is C11H12N2O2. The van der Waals surface area contributed by atoms with Crippen molar-refractivity contribution in [3.05, 3.63) is 33.2 Å². The topological polar surface area (TPSA) is 65.9 Å². The first-order chi connectivity index (χ1) is 7.02. The van der Waals surface area contributed by atoms with Crippen LogP contribution in [0.2, 0.25) is 0 Å². The number of pyridine rings is 1. The van der Waals surface area contributed by atoms with Gasteiger partial charge in [-0.3, -0.25) is 4.79 Å². The number of nitrogens with one attached hydrogen (secondary N) is 1. The van der Waals surface area contributed by atoms with Crippen molar-refractivity contribution in [3.63, 3.8) is 0 Å². The second-order valence-corrected chi connectivity index (χ2v) is 4.35. The van der Waals surface area contributed by atoms with Crippen LogP contribution in [0.5, 0.6) is 0 Å². The van der Waals surface area contributed by atoms with E-state index in [0.717, 1.165) is 11.3 Å². The van der Waals surface area contributed by atoms with E-state index < -0.39 is 0 Å². The van der Waals surface area contributed by atoms with Gasteiger partial charge in [0.1, 0.15) is 11.6 Å². The molecule has 0 saturated carbocycles. The highest BCUT2D eigenvalue weighted by Gasteiger charge is 2.27. The smallest absolute Gasteiger partial charge is 0.266 e. The zero-order chi connectivity index (χ0) is 11.1. The van der Waals surface area contributed by atoms with Crippen molar-refractivity contribution in [1.29, 1.82) is 5.26 Å². The summed E-state index contributed by atoms with van der Waals surface area (Å²) in [7, 11) is 0. The van der Waals surface area contributed by atoms with Gasteiger partial charge in [0.05, 0.1) is 12.2 Å². The third-order valence-electron chi connectivity index (χ3n) is 2.56. The highest BCUT2D eigenvalue weighted by molar-refractivity contribution is 5.34. The van der Waals surface area contributed by atoms with Crippen LogP contribution in [-0.4, -0.2) is 10.6 Å². The summed E-state index contributed by atoms with van der Waals surface area (Å²) in [6.45, 7) is 4.41. The van der Waals surface area contributed by atoms with Crippen LogP contribution in [0.1, 0.15) is 30.7 Å². The molecule has 0 atom stereocenters. The number of nitriles is 1. The summed E-state index contributed by atoms with van der Waals surface area (Å²) in [6.07, 6.45) is 0.670. The predicted molar refractivity (Wildman–Crippen MR) is 54.3 cm³/mol. The summed E-state index contributed by atoms with van der Waals surface area (Å²) >= 11 is 0. The minimum absolute atomic E-state index is 0.150.